The van der Waals surface area contributed by atoms with Crippen LogP contribution in [-0.2, 0) is 4.79 Å². The number of carbonyl (C=O) groups is 1. The molecule has 2 heterocycles. The van der Waals surface area contributed by atoms with E-state index in [-0.39, 0.29) is 5.91 Å². The number of nitrogens with zero attached hydrogens (tertiary/aromatic N) is 1. The Bertz CT molecular complexity index is 726. The van der Waals surface area contributed by atoms with Crippen molar-refractivity contribution < 1.29 is 9.69 Å². The zero-order valence-electron chi connectivity index (χ0n) is 15.7. The van der Waals surface area contributed by atoms with Gasteiger partial charge in [0.25, 0.3) is 5.91 Å². The Hall–Kier alpha value is -1.46. The lowest BCUT2D eigenvalue weighted by Gasteiger charge is -2.33. The minimum absolute atomic E-state index is 0.228. The molecule has 140 valence electrons. The van der Waals surface area contributed by atoms with Crippen molar-refractivity contribution in [2.24, 2.45) is 5.92 Å². The molecule has 4 nitrogen and oxygen atoms in total. The molecular weight excluding hydrogens is 342 g/mol. The number of benzene rings is 1. The van der Waals surface area contributed by atoms with Gasteiger partial charge < -0.3 is 10.2 Å². The number of rotatable bonds is 4. The maximum Gasteiger partial charge on any atom is 0.275 e. The van der Waals surface area contributed by atoms with Crippen LogP contribution < -0.4 is 10.2 Å². The summed E-state index contributed by atoms with van der Waals surface area (Å²) in [4.78, 5) is 19.0. The van der Waals surface area contributed by atoms with Crippen LogP contribution in [0.4, 0.5) is 0 Å². The molecule has 2 aromatic rings. The fourth-order valence-corrected chi connectivity index (χ4v) is 5.78. The zero-order chi connectivity index (χ0) is 17.9. The lowest BCUT2D eigenvalue weighted by atomic mass is 9.86. The van der Waals surface area contributed by atoms with E-state index in [0.717, 1.165) is 24.9 Å². The molecular formula is C21H30N3OS+. The number of para-hydroxylation sites is 1. The Morgan fingerprint density at radius 3 is 2.85 bits per heavy atom. The van der Waals surface area contributed by atoms with Crippen molar-refractivity contribution in [2.45, 2.75) is 64.0 Å². The maximum absolute atomic E-state index is 12.7. The first-order chi connectivity index (χ1) is 12.7. The van der Waals surface area contributed by atoms with Crippen LogP contribution in [0.2, 0.25) is 0 Å². The Morgan fingerprint density at radius 2 is 2.00 bits per heavy atom. The summed E-state index contributed by atoms with van der Waals surface area (Å²) in [6, 6.07) is 9.12. The molecule has 0 spiro atoms. The first-order valence-corrected chi connectivity index (χ1v) is 11.0. The smallest absolute Gasteiger partial charge is 0.275 e. The largest absolute Gasteiger partial charge is 0.348 e. The van der Waals surface area contributed by atoms with Gasteiger partial charge in [0.05, 0.1) is 16.8 Å². The molecule has 0 bridgehead atoms. The third-order valence-corrected chi connectivity index (χ3v) is 7.34. The Kier molecular flexibility index (Phi) is 5.55. The van der Waals surface area contributed by atoms with Crippen LogP contribution in [0.25, 0.3) is 10.2 Å². The third-order valence-electron chi connectivity index (χ3n) is 6.19. The van der Waals surface area contributed by atoms with Crippen molar-refractivity contribution in [3.05, 3.63) is 29.3 Å². The van der Waals surface area contributed by atoms with E-state index >= 15 is 0 Å². The second-order valence-corrected chi connectivity index (χ2v) is 9.15. The van der Waals surface area contributed by atoms with E-state index in [0.29, 0.717) is 24.5 Å². The minimum Gasteiger partial charge on any atom is -0.348 e. The summed E-state index contributed by atoms with van der Waals surface area (Å²) in [5.41, 5.74) is 1.10. The molecule has 4 rings (SSSR count). The van der Waals surface area contributed by atoms with Gasteiger partial charge in [-0.15, -0.1) is 11.3 Å². The second kappa shape index (κ2) is 8.05. The molecule has 1 amide bonds. The Morgan fingerprint density at radius 1 is 1.19 bits per heavy atom. The summed E-state index contributed by atoms with van der Waals surface area (Å²) in [7, 11) is 0. The van der Waals surface area contributed by atoms with E-state index in [1.165, 1.54) is 46.7 Å². The van der Waals surface area contributed by atoms with Crippen LogP contribution in [0, 0.1) is 5.92 Å². The highest BCUT2D eigenvalue weighted by atomic mass is 32.1. The molecule has 2 aliphatic rings. The fourth-order valence-electron chi connectivity index (χ4n) is 4.62. The number of piperidine rings is 1. The second-order valence-electron chi connectivity index (χ2n) is 8.09. The first kappa shape index (κ1) is 17.9. The number of hydrogen-bond donors (Lipinski definition) is 2. The summed E-state index contributed by atoms with van der Waals surface area (Å²) in [6.45, 7) is 3.94. The normalized spacial score (nSPS) is 29.6. The van der Waals surface area contributed by atoms with Gasteiger partial charge in [0.1, 0.15) is 6.04 Å². The monoisotopic (exact) mass is 372 g/mol. The van der Waals surface area contributed by atoms with E-state index < -0.39 is 0 Å². The van der Waals surface area contributed by atoms with Crippen molar-refractivity contribution in [1.82, 2.24) is 10.3 Å². The molecule has 5 heteroatoms. The highest BCUT2D eigenvalue weighted by molar-refractivity contribution is 7.18. The van der Waals surface area contributed by atoms with Gasteiger partial charge in [-0.25, -0.2) is 4.98 Å². The number of hydrogen-bond acceptors (Lipinski definition) is 3. The van der Waals surface area contributed by atoms with E-state index in [9.17, 15) is 4.79 Å². The van der Waals surface area contributed by atoms with Crippen molar-refractivity contribution in [3.8, 4) is 0 Å². The predicted molar refractivity (Wildman–Crippen MR) is 106 cm³/mol. The Labute approximate surface area is 160 Å². The van der Waals surface area contributed by atoms with E-state index in [4.69, 9.17) is 4.98 Å². The number of fused-ring (bicyclic) bond motifs is 1. The predicted octanol–water partition coefficient (Wildman–Crippen LogP) is 3.10. The summed E-state index contributed by atoms with van der Waals surface area (Å²) in [6.07, 6.45) is 8.54. The van der Waals surface area contributed by atoms with Crippen LogP contribution in [0.3, 0.4) is 0 Å². The van der Waals surface area contributed by atoms with E-state index in [1.807, 2.05) is 11.3 Å². The molecule has 2 fully saturated rings. The highest BCUT2D eigenvalue weighted by Gasteiger charge is 2.33. The summed E-state index contributed by atoms with van der Waals surface area (Å²) >= 11 is 1.81. The SMILES string of the molecule is C[C@H]1CCCC[C@@H]1NC(=O)C[NH+]1CCCC[C@@H]1c1nc2ccccc2s1. The molecule has 1 aromatic carbocycles. The number of quaternary nitrogens is 1. The number of aromatic nitrogens is 1. The van der Waals surface area contributed by atoms with Gasteiger partial charge in [-0.2, -0.15) is 0 Å². The minimum atomic E-state index is 0.228. The highest BCUT2D eigenvalue weighted by Crippen LogP contribution is 2.28. The molecule has 26 heavy (non-hydrogen) atoms. The molecule has 4 atom stereocenters. The van der Waals surface area contributed by atoms with Gasteiger partial charge in [-0.1, -0.05) is 31.9 Å². The molecule has 1 saturated carbocycles. The number of nitrogens with one attached hydrogen (secondary N) is 2. The standard InChI is InChI=1S/C21H29N3OS/c1-15-8-2-3-9-16(15)22-20(25)14-24-13-7-6-11-18(24)21-23-17-10-4-5-12-19(17)26-21/h4-5,10,12,15-16,18H,2-3,6-9,11,13-14H2,1H3,(H,22,25)/p+1/t15-,16-,18+/m0/s1. The van der Waals surface area contributed by atoms with Gasteiger partial charge in [-0.05, 0) is 43.7 Å². The van der Waals surface area contributed by atoms with Crippen LogP contribution in [-0.4, -0.2) is 30.0 Å². The summed E-state index contributed by atoms with van der Waals surface area (Å²) in [5, 5.41) is 4.55. The summed E-state index contributed by atoms with van der Waals surface area (Å²) in [5.74, 6) is 0.843. The van der Waals surface area contributed by atoms with Crippen LogP contribution in [0.5, 0.6) is 0 Å². The topological polar surface area (TPSA) is 46.4 Å². The average Bonchev–Trinajstić information content (AvgIpc) is 3.08. The third kappa shape index (κ3) is 3.94. The Balaban J connectivity index is 1.44. The van der Waals surface area contributed by atoms with Crippen molar-refractivity contribution in [1.29, 1.82) is 0 Å². The van der Waals surface area contributed by atoms with Gasteiger partial charge in [0.15, 0.2) is 11.6 Å². The van der Waals surface area contributed by atoms with Crippen LogP contribution in [0.1, 0.15) is 62.9 Å². The van der Waals surface area contributed by atoms with Gasteiger partial charge >= 0.3 is 0 Å². The molecule has 1 aromatic heterocycles. The van der Waals surface area contributed by atoms with Gasteiger partial charge in [-0.3, -0.25) is 4.79 Å². The zero-order valence-corrected chi connectivity index (χ0v) is 16.5. The first-order valence-electron chi connectivity index (χ1n) is 10.2. The molecule has 0 radical (unpaired) electrons. The van der Waals surface area contributed by atoms with E-state index in [2.05, 4.69) is 36.5 Å². The fraction of sp³-hybridized carbons (Fsp3) is 0.619. The maximum atomic E-state index is 12.7. The van der Waals surface area contributed by atoms with Crippen molar-refractivity contribution in [2.75, 3.05) is 13.1 Å². The number of likely N-dealkylation sites (tertiary alicyclic amines) is 1. The number of amides is 1. The lowest BCUT2D eigenvalue weighted by molar-refractivity contribution is -0.929. The van der Waals surface area contributed by atoms with E-state index in [1.54, 1.807) is 0 Å². The van der Waals surface area contributed by atoms with Gasteiger partial charge in [0, 0.05) is 12.5 Å². The van der Waals surface area contributed by atoms with Crippen LogP contribution in [0.15, 0.2) is 24.3 Å². The molecule has 1 unspecified atom stereocenters. The van der Waals surface area contributed by atoms with Gasteiger partial charge in [0.2, 0.25) is 0 Å². The molecule has 1 aliphatic carbocycles. The van der Waals surface area contributed by atoms with Crippen molar-refractivity contribution >= 4 is 27.5 Å². The number of carbonyl (C=O) groups excluding carboxylic acids is 1. The molecule has 2 N–H and O–H groups in total. The molecule has 1 aliphatic heterocycles. The van der Waals surface area contributed by atoms with Crippen LogP contribution >= 0.6 is 11.3 Å². The van der Waals surface area contributed by atoms with Crippen molar-refractivity contribution in [3.63, 3.8) is 0 Å². The quantitative estimate of drug-likeness (QED) is 0.866. The molecule has 1 saturated heterocycles. The lowest BCUT2D eigenvalue weighted by Crippen LogP contribution is -3.14. The number of thiazole rings is 1. The summed E-state index contributed by atoms with van der Waals surface area (Å²) < 4.78 is 1.26. The average molecular weight is 373 g/mol.